The van der Waals surface area contributed by atoms with E-state index in [-0.39, 0.29) is 0 Å². The first-order valence-corrected chi connectivity index (χ1v) is 12.3. The van der Waals surface area contributed by atoms with Crippen molar-refractivity contribution in [3.05, 3.63) is 150 Å². The van der Waals surface area contributed by atoms with Gasteiger partial charge in [0.25, 0.3) is 0 Å². The van der Waals surface area contributed by atoms with Gasteiger partial charge in [0.05, 0.1) is 5.70 Å². The predicted molar refractivity (Wildman–Crippen MR) is 155 cm³/mol. The second-order valence-electron chi connectivity index (χ2n) is 9.05. The van der Waals surface area contributed by atoms with Crippen LogP contribution in [0.5, 0.6) is 0 Å². The van der Waals surface area contributed by atoms with Crippen molar-refractivity contribution >= 4 is 12.4 Å². The molecule has 174 valence electrons. The molecular weight excluding hydrogens is 434 g/mol. The zero-order valence-electron chi connectivity index (χ0n) is 20.6. The van der Waals surface area contributed by atoms with Crippen LogP contribution >= 0.6 is 0 Å². The van der Waals surface area contributed by atoms with E-state index in [0.717, 1.165) is 17.7 Å². The maximum atomic E-state index is 4.36. The molecule has 0 radical (unpaired) electrons. The van der Waals surface area contributed by atoms with Crippen molar-refractivity contribution in [2.75, 3.05) is 0 Å². The highest BCUT2D eigenvalue weighted by Gasteiger charge is 2.05. The van der Waals surface area contributed by atoms with Gasteiger partial charge in [0.1, 0.15) is 0 Å². The molecule has 5 aromatic carbocycles. The Hall–Kier alpha value is -4.49. The lowest BCUT2D eigenvalue weighted by atomic mass is 9.97. The van der Waals surface area contributed by atoms with Crippen LogP contribution in [0.25, 0.3) is 39.1 Å². The average Bonchev–Trinajstić information content (AvgIpc) is 2.94. The van der Waals surface area contributed by atoms with Crippen molar-refractivity contribution in [2.24, 2.45) is 4.99 Å². The summed E-state index contributed by atoms with van der Waals surface area (Å²) in [5, 5.41) is 0. The monoisotopic (exact) mass is 463 g/mol. The zero-order valence-corrected chi connectivity index (χ0v) is 20.6. The van der Waals surface area contributed by atoms with Crippen molar-refractivity contribution in [1.82, 2.24) is 0 Å². The van der Waals surface area contributed by atoms with Crippen molar-refractivity contribution in [2.45, 2.75) is 13.3 Å². The van der Waals surface area contributed by atoms with Crippen LogP contribution in [0.3, 0.4) is 0 Å². The van der Waals surface area contributed by atoms with E-state index >= 15 is 0 Å². The third-order valence-corrected chi connectivity index (χ3v) is 6.44. The Morgan fingerprint density at radius 3 is 1.86 bits per heavy atom. The highest BCUT2D eigenvalue weighted by Crippen LogP contribution is 2.28. The number of nitrogens with zero attached hydrogens (tertiary/aromatic N) is 1. The van der Waals surface area contributed by atoms with Gasteiger partial charge in [-0.15, -0.1) is 0 Å². The van der Waals surface area contributed by atoms with Gasteiger partial charge in [-0.3, -0.25) is 4.99 Å². The minimum atomic E-state index is 0.787. The van der Waals surface area contributed by atoms with Crippen LogP contribution in [-0.2, 0) is 6.42 Å². The molecule has 1 nitrogen and oxygen atoms in total. The summed E-state index contributed by atoms with van der Waals surface area (Å²) >= 11 is 0. The van der Waals surface area contributed by atoms with Crippen LogP contribution in [0.1, 0.15) is 16.7 Å². The number of hydrogen-bond acceptors (Lipinski definition) is 1. The maximum Gasteiger partial charge on any atom is 0.0658 e. The first-order valence-electron chi connectivity index (χ1n) is 12.3. The van der Waals surface area contributed by atoms with Crippen molar-refractivity contribution in [1.29, 1.82) is 0 Å². The van der Waals surface area contributed by atoms with E-state index < -0.39 is 0 Å². The topological polar surface area (TPSA) is 12.4 Å². The van der Waals surface area contributed by atoms with Gasteiger partial charge in [-0.2, -0.15) is 0 Å². The molecule has 0 N–H and O–H groups in total. The van der Waals surface area contributed by atoms with Crippen LogP contribution in [0, 0.1) is 6.92 Å². The summed E-state index contributed by atoms with van der Waals surface area (Å²) < 4.78 is 0. The van der Waals surface area contributed by atoms with Gasteiger partial charge in [-0.1, -0.05) is 127 Å². The molecule has 0 aliphatic heterocycles. The van der Waals surface area contributed by atoms with E-state index in [1.165, 1.54) is 44.5 Å². The van der Waals surface area contributed by atoms with Gasteiger partial charge in [0, 0.05) is 5.56 Å². The molecule has 0 bridgehead atoms. The Morgan fingerprint density at radius 1 is 0.583 bits per heavy atom. The fourth-order valence-electron chi connectivity index (χ4n) is 4.56. The number of aryl methyl sites for hydroxylation is 1. The molecule has 0 aromatic heterocycles. The first kappa shape index (κ1) is 23.3. The van der Waals surface area contributed by atoms with E-state index in [1.54, 1.807) is 0 Å². The normalized spacial score (nSPS) is 11.3. The predicted octanol–water partition coefficient (Wildman–Crippen LogP) is 9.28. The molecule has 0 spiro atoms. The van der Waals surface area contributed by atoms with Gasteiger partial charge in [0.15, 0.2) is 0 Å². The highest BCUT2D eigenvalue weighted by atomic mass is 14.7. The third kappa shape index (κ3) is 5.42. The lowest BCUT2D eigenvalue weighted by molar-refractivity contribution is 1.26. The quantitative estimate of drug-likeness (QED) is 0.213. The Labute approximate surface area is 214 Å². The summed E-state index contributed by atoms with van der Waals surface area (Å²) in [6, 6.07) is 45.1. The zero-order chi connectivity index (χ0) is 24.7. The second-order valence-corrected chi connectivity index (χ2v) is 9.05. The third-order valence-electron chi connectivity index (χ3n) is 6.44. The summed E-state index contributed by atoms with van der Waals surface area (Å²) in [6.45, 7) is 5.97. The van der Waals surface area contributed by atoms with Crippen molar-refractivity contribution in [3.63, 3.8) is 0 Å². The minimum absolute atomic E-state index is 0.787. The van der Waals surface area contributed by atoms with Crippen LogP contribution in [-0.4, -0.2) is 6.72 Å². The Kier molecular flexibility index (Phi) is 7.00. The van der Waals surface area contributed by atoms with Crippen molar-refractivity contribution < 1.29 is 0 Å². The number of rotatable bonds is 7. The molecule has 0 unspecified atom stereocenters. The van der Waals surface area contributed by atoms with Gasteiger partial charge < -0.3 is 0 Å². The van der Waals surface area contributed by atoms with E-state index in [0.29, 0.717) is 0 Å². The summed E-state index contributed by atoms with van der Waals surface area (Å²) in [4.78, 5) is 4.36. The van der Waals surface area contributed by atoms with Crippen LogP contribution in [0.2, 0.25) is 0 Å². The second kappa shape index (κ2) is 10.8. The molecule has 0 saturated heterocycles. The van der Waals surface area contributed by atoms with Crippen LogP contribution in [0.4, 0.5) is 0 Å². The van der Waals surface area contributed by atoms with Gasteiger partial charge in [0.2, 0.25) is 0 Å². The number of hydrogen-bond donors (Lipinski definition) is 0. The van der Waals surface area contributed by atoms with Gasteiger partial charge in [-0.05, 0) is 71.1 Å². The molecule has 0 heterocycles. The summed E-state index contributed by atoms with van der Waals surface area (Å²) in [5.41, 5.74) is 11.8. The lowest BCUT2D eigenvalue weighted by Crippen LogP contribution is -1.88. The highest BCUT2D eigenvalue weighted by molar-refractivity contribution is 5.75. The maximum absolute atomic E-state index is 4.36. The Balaban J connectivity index is 1.39. The lowest BCUT2D eigenvalue weighted by Gasteiger charge is -2.09. The molecule has 0 fully saturated rings. The van der Waals surface area contributed by atoms with E-state index in [9.17, 15) is 0 Å². The fraction of sp³-hybridized carbons (Fsp3) is 0.0571. The summed E-state index contributed by atoms with van der Waals surface area (Å²) in [5.74, 6) is 0. The average molecular weight is 464 g/mol. The molecule has 1 heteroatoms. The molecular formula is C35H29N. The van der Waals surface area contributed by atoms with E-state index in [4.69, 9.17) is 0 Å². The molecule has 36 heavy (non-hydrogen) atoms. The van der Waals surface area contributed by atoms with Crippen LogP contribution < -0.4 is 0 Å². The molecule has 0 aliphatic carbocycles. The molecule has 0 saturated carbocycles. The smallest absolute Gasteiger partial charge is 0.0658 e. The number of aliphatic imine (C=N–C) groups is 1. The summed E-state index contributed by atoms with van der Waals surface area (Å²) in [6.07, 6.45) is 2.96. The fourth-order valence-corrected chi connectivity index (χ4v) is 4.56. The first-order chi connectivity index (χ1) is 17.7. The Morgan fingerprint density at radius 2 is 1.14 bits per heavy atom. The minimum Gasteiger partial charge on any atom is -0.264 e. The number of allylic oxidation sites excluding steroid dienone is 1. The molecule has 5 rings (SSSR count). The molecule has 0 atom stereocenters. The van der Waals surface area contributed by atoms with E-state index in [2.05, 4.69) is 152 Å². The van der Waals surface area contributed by atoms with Crippen molar-refractivity contribution in [3.8, 4) is 33.4 Å². The molecule has 0 amide bonds. The van der Waals surface area contributed by atoms with E-state index in [1.807, 2.05) is 0 Å². The molecule has 5 aromatic rings. The number of benzene rings is 5. The van der Waals surface area contributed by atoms with Crippen LogP contribution in [0.15, 0.2) is 138 Å². The van der Waals surface area contributed by atoms with Gasteiger partial charge in [-0.25, -0.2) is 0 Å². The largest absolute Gasteiger partial charge is 0.264 e. The molecule has 0 aliphatic rings. The summed E-state index contributed by atoms with van der Waals surface area (Å²) in [7, 11) is 0. The van der Waals surface area contributed by atoms with Gasteiger partial charge >= 0.3 is 0 Å². The SMILES string of the molecule is C=N/C(=C\Cc1cccc(-c2cccc(-c3ccccc3)c2)c1)c1cccc(-c2cccc(C)c2)c1. The standard InChI is InChI=1S/C35H29N/c1-26-10-6-14-29(22-26)33-18-9-19-34(25-33)35(36-2)21-20-27-11-7-15-30(23-27)32-17-8-16-31(24-32)28-12-4-3-5-13-28/h3-19,21-25H,2,20H2,1H3/b35-21-. The Bertz CT molecular complexity index is 1530.